The van der Waals surface area contributed by atoms with Crippen molar-refractivity contribution in [2.45, 2.75) is 52.4 Å². The second-order valence-electron chi connectivity index (χ2n) is 5.75. The summed E-state index contributed by atoms with van der Waals surface area (Å²) in [5, 5.41) is 0. The van der Waals surface area contributed by atoms with E-state index in [1.807, 2.05) is 6.92 Å². The van der Waals surface area contributed by atoms with Gasteiger partial charge in [-0.15, -0.1) is 0 Å². The molecule has 0 amide bonds. The van der Waals surface area contributed by atoms with Crippen LogP contribution in [0.4, 0.5) is 8.78 Å². The summed E-state index contributed by atoms with van der Waals surface area (Å²) in [5.41, 5.74) is 0.835. The van der Waals surface area contributed by atoms with Crippen LogP contribution in [0.2, 0.25) is 0 Å². The second-order valence-corrected chi connectivity index (χ2v) is 5.75. The molecule has 4 heteroatoms. The molecule has 1 heterocycles. The van der Waals surface area contributed by atoms with E-state index in [0.29, 0.717) is 5.92 Å². The number of hydrogen-bond donors (Lipinski definition) is 0. The van der Waals surface area contributed by atoms with Crippen LogP contribution in [0.5, 0.6) is 0 Å². The highest BCUT2D eigenvalue weighted by Crippen LogP contribution is 2.38. The van der Waals surface area contributed by atoms with Gasteiger partial charge in [-0.2, -0.15) is 4.39 Å². The van der Waals surface area contributed by atoms with Gasteiger partial charge in [-0.1, -0.05) is 19.8 Å². The molecule has 0 radical (unpaired) electrons. The third kappa shape index (κ3) is 3.62. The monoisotopic (exact) mass is 280 g/mol. The van der Waals surface area contributed by atoms with Gasteiger partial charge in [0.1, 0.15) is 5.83 Å². The standard InChI is InChI=1S/C16H22F2N2/c1-3-4-12-5-7-13(8-6-12)14(17)15(18)16-19-9-11(2)10-20-16/h9-10,12-13H,3-8H2,1-2H3/b15-14+/t12-,13-. The molecule has 2 rings (SSSR count). The first-order valence-electron chi connectivity index (χ1n) is 7.46. The Morgan fingerprint density at radius 3 is 2.30 bits per heavy atom. The minimum atomic E-state index is -0.885. The zero-order valence-corrected chi connectivity index (χ0v) is 12.2. The van der Waals surface area contributed by atoms with Crippen molar-refractivity contribution in [3.05, 3.63) is 29.6 Å². The van der Waals surface area contributed by atoms with Crippen LogP contribution in [-0.4, -0.2) is 9.97 Å². The Kier molecular flexibility index (Phi) is 5.21. The summed E-state index contributed by atoms with van der Waals surface area (Å²) in [6, 6.07) is 0. The number of aryl methyl sites for hydroxylation is 1. The van der Waals surface area contributed by atoms with Crippen molar-refractivity contribution in [2.75, 3.05) is 0 Å². The lowest BCUT2D eigenvalue weighted by Gasteiger charge is -2.27. The van der Waals surface area contributed by atoms with Crippen LogP contribution in [0.3, 0.4) is 0 Å². The molecule has 1 aromatic rings. The fourth-order valence-electron chi connectivity index (χ4n) is 2.90. The molecule has 0 aliphatic heterocycles. The van der Waals surface area contributed by atoms with Crippen LogP contribution < -0.4 is 0 Å². The van der Waals surface area contributed by atoms with Gasteiger partial charge in [0, 0.05) is 18.3 Å². The number of aromatic nitrogens is 2. The Bertz CT molecular complexity index is 460. The number of hydrogen-bond acceptors (Lipinski definition) is 2. The second kappa shape index (κ2) is 6.91. The van der Waals surface area contributed by atoms with Crippen molar-refractivity contribution in [3.8, 4) is 0 Å². The Balaban J connectivity index is 2.04. The predicted molar refractivity (Wildman–Crippen MR) is 76.3 cm³/mol. The van der Waals surface area contributed by atoms with Crippen LogP contribution >= 0.6 is 0 Å². The third-order valence-corrected chi connectivity index (χ3v) is 4.09. The first kappa shape index (κ1) is 15.1. The zero-order chi connectivity index (χ0) is 14.5. The maximum Gasteiger partial charge on any atom is 0.199 e. The molecule has 0 N–H and O–H groups in total. The predicted octanol–water partition coefficient (Wildman–Crippen LogP) is 5.00. The minimum Gasteiger partial charge on any atom is -0.234 e. The molecule has 1 saturated carbocycles. The molecule has 2 nitrogen and oxygen atoms in total. The average molecular weight is 280 g/mol. The van der Waals surface area contributed by atoms with E-state index in [1.54, 1.807) is 0 Å². The fraction of sp³-hybridized carbons (Fsp3) is 0.625. The molecule has 0 unspecified atom stereocenters. The Labute approximate surface area is 119 Å². The van der Waals surface area contributed by atoms with Gasteiger partial charge in [0.15, 0.2) is 11.7 Å². The van der Waals surface area contributed by atoms with Crippen LogP contribution in [0, 0.1) is 18.8 Å². The third-order valence-electron chi connectivity index (χ3n) is 4.09. The molecule has 0 aromatic carbocycles. The molecule has 0 spiro atoms. The summed E-state index contributed by atoms with van der Waals surface area (Å²) < 4.78 is 28.3. The maximum absolute atomic E-state index is 14.2. The summed E-state index contributed by atoms with van der Waals surface area (Å²) in [6.45, 7) is 3.98. The van der Waals surface area contributed by atoms with Gasteiger partial charge in [0.25, 0.3) is 0 Å². The topological polar surface area (TPSA) is 25.8 Å². The molecule has 20 heavy (non-hydrogen) atoms. The lowest BCUT2D eigenvalue weighted by molar-refractivity contribution is 0.261. The van der Waals surface area contributed by atoms with E-state index in [2.05, 4.69) is 16.9 Å². The van der Waals surface area contributed by atoms with Crippen LogP contribution in [0.1, 0.15) is 56.8 Å². The van der Waals surface area contributed by atoms with Gasteiger partial charge in [-0.25, -0.2) is 14.4 Å². The van der Waals surface area contributed by atoms with Crippen molar-refractivity contribution in [3.63, 3.8) is 0 Å². The lowest BCUT2D eigenvalue weighted by atomic mass is 9.79. The summed E-state index contributed by atoms with van der Waals surface area (Å²) in [7, 11) is 0. The molecule has 1 aliphatic rings. The van der Waals surface area contributed by atoms with Crippen molar-refractivity contribution < 1.29 is 8.78 Å². The summed E-state index contributed by atoms with van der Waals surface area (Å²) in [6.07, 6.45) is 8.83. The van der Waals surface area contributed by atoms with E-state index in [0.717, 1.165) is 31.2 Å². The molecule has 1 fully saturated rings. The number of nitrogens with zero attached hydrogens (tertiary/aromatic N) is 2. The van der Waals surface area contributed by atoms with Gasteiger partial charge < -0.3 is 0 Å². The van der Waals surface area contributed by atoms with Gasteiger partial charge in [-0.05, 0) is 44.1 Å². The van der Waals surface area contributed by atoms with E-state index < -0.39 is 11.7 Å². The number of rotatable bonds is 4. The van der Waals surface area contributed by atoms with Crippen molar-refractivity contribution in [1.29, 1.82) is 0 Å². The molecule has 110 valence electrons. The van der Waals surface area contributed by atoms with Gasteiger partial charge in [0.2, 0.25) is 0 Å². The normalized spacial score (nSPS) is 24.4. The number of allylic oxidation sites excluding steroid dienone is 1. The summed E-state index contributed by atoms with van der Waals surface area (Å²) in [5.74, 6) is -1.30. The van der Waals surface area contributed by atoms with Gasteiger partial charge in [-0.3, -0.25) is 0 Å². The van der Waals surface area contributed by atoms with E-state index in [9.17, 15) is 8.78 Å². The number of halogens is 2. The molecule has 1 aliphatic carbocycles. The lowest BCUT2D eigenvalue weighted by Crippen LogP contribution is -2.15. The largest absolute Gasteiger partial charge is 0.234 e. The average Bonchev–Trinajstić information content (AvgIpc) is 2.48. The Morgan fingerprint density at radius 1 is 1.15 bits per heavy atom. The quantitative estimate of drug-likeness (QED) is 0.775. The fourth-order valence-corrected chi connectivity index (χ4v) is 2.90. The Hall–Kier alpha value is -1.32. The van der Waals surface area contributed by atoms with Crippen LogP contribution in [0.15, 0.2) is 18.2 Å². The van der Waals surface area contributed by atoms with Crippen LogP contribution in [-0.2, 0) is 0 Å². The SMILES string of the molecule is CCC[C@H]1CC[C@H](/C(F)=C(\F)c2ncc(C)cn2)CC1. The summed E-state index contributed by atoms with van der Waals surface area (Å²) in [4.78, 5) is 7.71. The van der Waals surface area contributed by atoms with Crippen molar-refractivity contribution in [1.82, 2.24) is 9.97 Å². The van der Waals surface area contributed by atoms with Gasteiger partial charge >= 0.3 is 0 Å². The molecule has 0 bridgehead atoms. The smallest absolute Gasteiger partial charge is 0.199 e. The molecule has 1 aromatic heterocycles. The van der Waals surface area contributed by atoms with E-state index in [1.165, 1.54) is 25.2 Å². The highest BCUT2D eigenvalue weighted by Gasteiger charge is 2.27. The molecular weight excluding hydrogens is 258 g/mol. The molecule has 0 saturated heterocycles. The van der Waals surface area contributed by atoms with Crippen LogP contribution in [0.25, 0.3) is 5.83 Å². The summed E-state index contributed by atoms with van der Waals surface area (Å²) >= 11 is 0. The zero-order valence-electron chi connectivity index (χ0n) is 12.2. The first-order valence-corrected chi connectivity index (χ1v) is 7.46. The maximum atomic E-state index is 14.2. The highest BCUT2D eigenvalue weighted by atomic mass is 19.2. The minimum absolute atomic E-state index is 0.135. The van der Waals surface area contributed by atoms with Crippen molar-refractivity contribution >= 4 is 5.83 Å². The highest BCUT2D eigenvalue weighted by molar-refractivity contribution is 5.54. The molecule has 0 atom stereocenters. The van der Waals surface area contributed by atoms with E-state index >= 15 is 0 Å². The van der Waals surface area contributed by atoms with E-state index in [4.69, 9.17) is 0 Å². The van der Waals surface area contributed by atoms with Crippen molar-refractivity contribution in [2.24, 2.45) is 11.8 Å². The Morgan fingerprint density at radius 2 is 1.75 bits per heavy atom. The van der Waals surface area contributed by atoms with Gasteiger partial charge in [0.05, 0.1) is 0 Å². The first-order chi connectivity index (χ1) is 9.61. The van der Waals surface area contributed by atoms with E-state index in [-0.39, 0.29) is 11.7 Å². The molecular formula is C16H22F2N2.